The molecule has 1 atom stereocenters. The number of β-amino-alcohol motifs (C(OH)–C–C–N with tert-alkyl or cyclic N) is 1. The van der Waals surface area contributed by atoms with Crippen LogP contribution in [-0.4, -0.2) is 60.7 Å². The largest absolute Gasteiger partial charge is 0.391 e. The lowest BCUT2D eigenvalue weighted by Gasteiger charge is -2.31. The second kappa shape index (κ2) is 9.29. The quantitative estimate of drug-likeness (QED) is 0.441. The molecule has 172 valence electrons. The van der Waals surface area contributed by atoms with Crippen molar-refractivity contribution >= 4 is 28.4 Å². The average Bonchev–Trinajstić information content (AvgIpc) is 3.24. The van der Waals surface area contributed by atoms with Crippen LogP contribution in [0.2, 0.25) is 0 Å². The summed E-state index contributed by atoms with van der Waals surface area (Å²) < 4.78 is 3.54. The molecule has 7 nitrogen and oxygen atoms in total. The third kappa shape index (κ3) is 4.43. The van der Waals surface area contributed by atoms with Gasteiger partial charge in [-0.05, 0) is 63.0 Å². The number of aryl methyl sites for hydroxylation is 1. The highest BCUT2D eigenvalue weighted by molar-refractivity contribution is 7.99. The van der Waals surface area contributed by atoms with Crippen LogP contribution in [0.25, 0.3) is 22.4 Å². The number of benzene rings is 2. The number of piperidine rings is 1. The minimum atomic E-state index is -0.454. The first-order chi connectivity index (χ1) is 16.0. The van der Waals surface area contributed by atoms with Gasteiger partial charge in [-0.2, -0.15) is 0 Å². The van der Waals surface area contributed by atoms with Crippen LogP contribution in [0, 0.1) is 12.8 Å². The zero-order valence-corrected chi connectivity index (χ0v) is 19.8. The lowest BCUT2D eigenvalue weighted by atomic mass is 9.99. The summed E-state index contributed by atoms with van der Waals surface area (Å²) in [4.78, 5) is 15.7. The number of aromatic nitrogens is 4. The van der Waals surface area contributed by atoms with Crippen LogP contribution >= 0.6 is 11.8 Å². The van der Waals surface area contributed by atoms with Crippen molar-refractivity contribution in [3.05, 3.63) is 64.4 Å². The third-order valence-electron chi connectivity index (χ3n) is 6.44. The number of rotatable bonds is 6. The molecule has 0 radical (unpaired) electrons. The Morgan fingerprint density at radius 3 is 2.58 bits per heavy atom. The molecule has 8 heteroatoms. The minimum absolute atomic E-state index is 0.120. The molecule has 1 unspecified atom stereocenters. The smallest absolute Gasteiger partial charge is 0.267 e. The number of nitrogens with zero attached hydrogens (tertiary/aromatic N) is 5. The monoisotopic (exact) mass is 463 g/mol. The van der Waals surface area contributed by atoms with Gasteiger partial charge in [-0.3, -0.25) is 9.20 Å². The van der Waals surface area contributed by atoms with Crippen LogP contribution in [0.5, 0.6) is 0 Å². The molecule has 0 amide bonds. The molecular formula is C25H29N5O2S. The highest BCUT2D eigenvalue weighted by atomic mass is 32.2. The summed E-state index contributed by atoms with van der Waals surface area (Å²) in [5.74, 6) is 1.77. The number of thioether (sulfide) groups is 1. The first-order valence-corrected chi connectivity index (χ1v) is 12.5. The first-order valence-electron chi connectivity index (χ1n) is 11.5. The van der Waals surface area contributed by atoms with Crippen LogP contribution < -0.4 is 5.56 Å². The zero-order valence-electron chi connectivity index (χ0n) is 19.0. The number of hydrogen-bond donors (Lipinski definition) is 1. The van der Waals surface area contributed by atoms with Gasteiger partial charge in [-0.15, -0.1) is 10.2 Å². The molecule has 2 aromatic heterocycles. The third-order valence-corrected chi connectivity index (χ3v) is 7.51. The Hall–Kier alpha value is -2.68. The molecule has 1 fully saturated rings. The average molecular weight is 464 g/mol. The van der Waals surface area contributed by atoms with E-state index in [2.05, 4.69) is 22.0 Å². The molecule has 1 N–H and O–H groups in total. The van der Waals surface area contributed by atoms with E-state index in [4.69, 9.17) is 0 Å². The summed E-state index contributed by atoms with van der Waals surface area (Å²) in [5.41, 5.74) is 2.53. The molecule has 4 aromatic rings. The predicted octanol–water partition coefficient (Wildman–Crippen LogP) is 3.53. The van der Waals surface area contributed by atoms with E-state index in [0.717, 1.165) is 35.8 Å². The van der Waals surface area contributed by atoms with E-state index in [0.29, 0.717) is 28.6 Å². The van der Waals surface area contributed by atoms with Crippen molar-refractivity contribution in [3.63, 3.8) is 0 Å². The van der Waals surface area contributed by atoms with Gasteiger partial charge in [0, 0.05) is 12.3 Å². The number of aliphatic hydroxyl groups is 1. The Morgan fingerprint density at radius 1 is 1.09 bits per heavy atom. The Labute approximate surface area is 197 Å². The lowest BCUT2D eigenvalue weighted by Crippen LogP contribution is -2.39. The number of hydrogen-bond acceptors (Lipinski definition) is 6. The molecular weight excluding hydrogens is 434 g/mol. The molecule has 33 heavy (non-hydrogen) atoms. The summed E-state index contributed by atoms with van der Waals surface area (Å²) in [5, 5.41) is 20.8. The maximum atomic E-state index is 13.4. The van der Waals surface area contributed by atoms with Crippen LogP contribution in [0.1, 0.15) is 25.3 Å². The standard InChI is InChI=1S/C25H29N5O2S/c1-17-7-9-19(10-8-17)29-23(32)21-5-3-4-6-22(21)30-24(29)26-27-25(30)33-16-20(31)15-28-13-11-18(2)12-14-28/h3-10,18,20,31H,11-16H2,1-2H3. The van der Waals surface area contributed by atoms with Crippen molar-refractivity contribution < 1.29 is 5.11 Å². The van der Waals surface area contributed by atoms with E-state index >= 15 is 0 Å². The lowest BCUT2D eigenvalue weighted by molar-refractivity contribution is 0.105. The van der Waals surface area contributed by atoms with Gasteiger partial charge in [0.05, 0.1) is 22.7 Å². The van der Waals surface area contributed by atoms with Gasteiger partial charge < -0.3 is 10.0 Å². The van der Waals surface area contributed by atoms with Gasteiger partial charge >= 0.3 is 0 Å². The Balaban J connectivity index is 1.48. The summed E-state index contributed by atoms with van der Waals surface area (Å²) in [7, 11) is 0. The van der Waals surface area contributed by atoms with Gasteiger partial charge in [0.1, 0.15) is 0 Å². The maximum absolute atomic E-state index is 13.4. The molecule has 3 heterocycles. The number of likely N-dealkylation sites (tertiary alicyclic amines) is 1. The number of para-hydroxylation sites is 1. The summed E-state index contributed by atoms with van der Waals surface area (Å²) in [6.45, 7) is 7.07. The van der Waals surface area contributed by atoms with Crippen molar-refractivity contribution in [3.8, 4) is 5.69 Å². The zero-order chi connectivity index (χ0) is 22.9. The van der Waals surface area contributed by atoms with E-state index in [1.807, 2.05) is 59.9 Å². The molecule has 0 aliphatic carbocycles. The predicted molar refractivity (Wildman–Crippen MR) is 132 cm³/mol. The summed E-state index contributed by atoms with van der Waals surface area (Å²) in [6.07, 6.45) is 1.93. The Bertz CT molecular complexity index is 1320. The maximum Gasteiger partial charge on any atom is 0.267 e. The fraction of sp³-hybridized carbons (Fsp3) is 0.400. The number of aliphatic hydroxyl groups excluding tert-OH is 1. The van der Waals surface area contributed by atoms with Crippen molar-refractivity contribution in [2.45, 2.75) is 37.9 Å². The molecule has 0 saturated carbocycles. The highest BCUT2D eigenvalue weighted by Gasteiger charge is 2.21. The van der Waals surface area contributed by atoms with Crippen LogP contribution in [-0.2, 0) is 0 Å². The van der Waals surface area contributed by atoms with Gasteiger partial charge in [0.2, 0.25) is 5.78 Å². The van der Waals surface area contributed by atoms with E-state index in [1.54, 1.807) is 4.57 Å². The molecule has 0 spiro atoms. The fourth-order valence-electron chi connectivity index (χ4n) is 4.46. The van der Waals surface area contributed by atoms with Gasteiger partial charge in [0.25, 0.3) is 5.56 Å². The van der Waals surface area contributed by atoms with E-state index in [9.17, 15) is 9.90 Å². The normalized spacial score (nSPS) is 16.6. The Kier molecular flexibility index (Phi) is 6.23. The molecule has 1 aliphatic heterocycles. The molecule has 2 aromatic carbocycles. The first kappa shape index (κ1) is 22.1. The van der Waals surface area contributed by atoms with E-state index < -0.39 is 6.10 Å². The van der Waals surface area contributed by atoms with Crippen molar-refractivity contribution in [1.82, 2.24) is 24.1 Å². The Morgan fingerprint density at radius 2 is 1.82 bits per heavy atom. The minimum Gasteiger partial charge on any atom is -0.391 e. The van der Waals surface area contributed by atoms with E-state index in [1.165, 1.54) is 24.6 Å². The van der Waals surface area contributed by atoms with Gasteiger partial charge in [-0.25, -0.2) is 4.57 Å². The van der Waals surface area contributed by atoms with Crippen molar-refractivity contribution in [2.75, 3.05) is 25.4 Å². The topological polar surface area (TPSA) is 75.7 Å². The summed E-state index contributed by atoms with van der Waals surface area (Å²) >= 11 is 1.48. The van der Waals surface area contributed by atoms with Crippen LogP contribution in [0.3, 0.4) is 0 Å². The number of fused-ring (bicyclic) bond motifs is 3. The van der Waals surface area contributed by atoms with Gasteiger partial charge in [0.15, 0.2) is 5.16 Å². The molecule has 1 aliphatic rings. The molecule has 1 saturated heterocycles. The van der Waals surface area contributed by atoms with Gasteiger partial charge in [-0.1, -0.05) is 48.5 Å². The second-order valence-electron chi connectivity index (χ2n) is 9.06. The van der Waals surface area contributed by atoms with Crippen molar-refractivity contribution in [1.29, 1.82) is 0 Å². The second-order valence-corrected chi connectivity index (χ2v) is 10.0. The van der Waals surface area contributed by atoms with E-state index in [-0.39, 0.29) is 5.56 Å². The molecule has 0 bridgehead atoms. The van der Waals surface area contributed by atoms with Crippen LogP contribution in [0.15, 0.2) is 58.5 Å². The van der Waals surface area contributed by atoms with Crippen molar-refractivity contribution in [2.24, 2.45) is 5.92 Å². The SMILES string of the molecule is Cc1ccc(-n2c(=O)c3ccccc3n3c(SCC(O)CN4CCC(C)CC4)nnc23)cc1. The summed E-state index contributed by atoms with van der Waals surface area (Å²) in [6, 6.07) is 15.4. The molecule has 5 rings (SSSR count). The van der Waals surface area contributed by atoms with Crippen LogP contribution in [0.4, 0.5) is 0 Å². The highest BCUT2D eigenvalue weighted by Crippen LogP contribution is 2.24. The fourth-order valence-corrected chi connectivity index (χ4v) is 5.32.